The summed E-state index contributed by atoms with van der Waals surface area (Å²) in [5.41, 5.74) is 8.36. The van der Waals surface area contributed by atoms with Gasteiger partial charge in [0.1, 0.15) is 11.9 Å². The second kappa shape index (κ2) is 11.1. The van der Waals surface area contributed by atoms with Crippen LogP contribution in [0.5, 0.6) is 0 Å². The molecule has 3 heterocycles. The summed E-state index contributed by atoms with van der Waals surface area (Å²) in [5.74, 6) is 0.668. The van der Waals surface area contributed by atoms with Crippen LogP contribution >= 0.6 is 0 Å². The molecule has 33 heavy (non-hydrogen) atoms. The lowest BCUT2D eigenvalue weighted by Crippen LogP contribution is -2.42. The molecule has 0 aromatic carbocycles. The van der Waals surface area contributed by atoms with Gasteiger partial charge in [-0.2, -0.15) is 0 Å². The summed E-state index contributed by atoms with van der Waals surface area (Å²) in [7, 11) is 1.83. The molecule has 1 aliphatic heterocycles. The number of likely N-dealkylation sites (tertiary alicyclic amines) is 1. The highest BCUT2D eigenvalue weighted by Gasteiger charge is 2.31. The Balaban J connectivity index is 1.62. The number of fused-ring (bicyclic) bond motifs is 1. The number of hydrogen-bond acceptors (Lipinski definition) is 7. The van der Waals surface area contributed by atoms with Gasteiger partial charge in [-0.25, -0.2) is 4.99 Å². The van der Waals surface area contributed by atoms with Crippen LogP contribution in [0.1, 0.15) is 25.5 Å². The molecular formula is C23H30N8O2. The number of allylic oxidation sites excluding steroid dienone is 1. The van der Waals surface area contributed by atoms with E-state index in [9.17, 15) is 9.59 Å². The summed E-state index contributed by atoms with van der Waals surface area (Å²) >= 11 is 0. The molecule has 1 fully saturated rings. The van der Waals surface area contributed by atoms with Crippen LogP contribution < -0.4 is 16.4 Å². The maximum absolute atomic E-state index is 12.9. The number of amidine groups is 1. The molecule has 174 valence electrons. The zero-order valence-electron chi connectivity index (χ0n) is 18.9. The molecule has 5 N–H and O–H groups in total. The number of rotatable bonds is 10. The van der Waals surface area contributed by atoms with Gasteiger partial charge >= 0.3 is 0 Å². The number of aromatic nitrogens is 2. The van der Waals surface area contributed by atoms with E-state index in [-0.39, 0.29) is 24.2 Å². The van der Waals surface area contributed by atoms with Crippen LogP contribution in [0.2, 0.25) is 0 Å². The van der Waals surface area contributed by atoms with Crippen LogP contribution in [0.3, 0.4) is 0 Å². The van der Waals surface area contributed by atoms with Gasteiger partial charge in [-0.3, -0.25) is 14.6 Å². The normalized spacial score (nSPS) is 18.1. The van der Waals surface area contributed by atoms with Gasteiger partial charge in [-0.05, 0) is 25.5 Å². The molecule has 0 radical (unpaired) electrons. The highest BCUT2D eigenvalue weighted by atomic mass is 16.2. The highest BCUT2D eigenvalue weighted by Crippen LogP contribution is 2.21. The molecule has 0 saturated carbocycles. The third kappa shape index (κ3) is 5.46. The van der Waals surface area contributed by atoms with E-state index < -0.39 is 0 Å². The van der Waals surface area contributed by atoms with E-state index in [1.54, 1.807) is 6.20 Å². The van der Waals surface area contributed by atoms with Gasteiger partial charge in [-0.15, -0.1) is 0 Å². The van der Waals surface area contributed by atoms with E-state index in [0.29, 0.717) is 31.2 Å². The molecule has 1 unspecified atom stereocenters. The maximum Gasteiger partial charge on any atom is 0.243 e. The summed E-state index contributed by atoms with van der Waals surface area (Å²) < 4.78 is 2.17. The molecule has 1 saturated heterocycles. The number of hydrogen-bond donors (Lipinski definition) is 4. The first-order valence-electron chi connectivity index (χ1n) is 10.8. The SMILES string of the molecule is CCn1c(CNC(=O)C2CCC(=N/C=C(\C=O)NC/C(C=N)=C/N)N2C)cc2cnccc21. The second-order valence-corrected chi connectivity index (χ2v) is 7.68. The molecule has 2 aromatic heterocycles. The summed E-state index contributed by atoms with van der Waals surface area (Å²) in [6.45, 7) is 3.57. The summed E-state index contributed by atoms with van der Waals surface area (Å²) in [6, 6.07) is 3.71. The Morgan fingerprint density at radius 1 is 1.42 bits per heavy atom. The van der Waals surface area contributed by atoms with Gasteiger partial charge in [0.05, 0.1) is 24.0 Å². The lowest BCUT2D eigenvalue weighted by Gasteiger charge is -2.21. The monoisotopic (exact) mass is 450 g/mol. The average Bonchev–Trinajstić information content (AvgIpc) is 3.39. The lowest BCUT2D eigenvalue weighted by atomic mass is 10.2. The van der Waals surface area contributed by atoms with Crippen LogP contribution in [0.15, 0.2) is 53.2 Å². The number of amides is 1. The fourth-order valence-corrected chi connectivity index (χ4v) is 3.89. The minimum absolute atomic E-state index is 0.0600. The van der Waals surface area contributed by atoms with Crippen LogP contribution in [0.25, 0.3) is 10.9 Å². The van der Waals surface area contributed by atoms with Gasteiger partial charge in [0.2, 0.25) is 5.91 Å². The molecular weight excluding hydrogens is 420 g/mol. The first-order valence-corrected chi connectivity index (χ1v) is 10.8. The number of carbonyl (C=O) groups excluding carboxylic acids is 2. The van der Waals surface area contributed by atoms with E-state index in [2.05, 4.69) is 38.2 Å². The van der Waals surface area contributed by atoms with E-state index >= 15 is 0 Å². The minimum Gasteiger partial charge on any atom is -0.404 e. The van der Waals surface area contributed by atoms with Gasteiger partial charge in [-0.1, -0.05) is 0 Å². The van der Waals surface area contributed by atoms with Crippen molar-refractivity contribution in [2.75, 3.05) is 13.6 Å². The van der Waals surface area contributed by atoms with Crippen molar-refractivity contribution in [3.63, 3.8) is 0 Å². The van der Waals surface area contributed by atoms with Crippen molar-refractivity contribution in [2.24, 2.45) is 10.7 Å². The quantitative estimate of drug-likeness (QED) is 0.244. The van der Waals surface area contributed by atoms with Crippen molar-refractivity contribution in [3.8, 4) is 0 Å². The largest absolute Gasteiger partial charge is 0.404 e. The minimum atomic E-state index is -0.324. The van der Waals surface area contributed by atoms with Crippen molar-refractivity contribution < 1.29 is 9.59 Å². The fraction of sp³-hybridized carbons (Fsp3) is 0.348. The Kier molecular flexibility index (Phi) is 7.96. The van der Waals surface area contributed by atoms with Crippen molar-refractivity contribution >= 4 is 35.1 Å². The van der Waals surface area contributed by atoms with Crippen LogP contribution in [-0.2, 0) is 22.7 Å². The number of aldehydes is 1. The number of pyridine rings is 1. The Bertz CT molecular complexity index is 1110. The summed E-state index contributed by atoms with van der Waals surface area (Å²) in [4.78, 5) is 34.6. The van der Waals surface area contributed by atoms with Gasteiger partial charge in [0.15, 0.2) is 6.29 Å². The molecule has 0 bridgehead atoms. The first-order chi connectivity index (χ1) is 16.0. The predicted molar refractivity (Wildman–Crippen MR) is 129 cm³/mol. The molecule has 3 rings (SSSR count). The van der Waals surface area contributed by atoms with Crippen LogP contribution in [-0.4, -0.2) is 58.3 Å². The number of likely N-dealkylation sites (N-methyl/N-ethyl adjacent to an activating group) is 1. The average molecular weight is 451 g/mol. The number of carbonyl (C=O) groups is 2. The molecule has 1 atom stereocenters. The molecule has 0 aliphatic carbocycles. The molecule has 10 nitrogen and oxygen atoms in total. The molecule has 10 heteroatoms. The summed E-state index contributed by atoms with van der Waals surface area (Å²) in [5, 5.41) is 14.2. The molecule has 1 aliphatic rings. The third-order valence-electron chi connectivity index (χ3n) is 5.74. The first kappa shape index (κ1) is 23.7. The maximum atomic E-state index is 12.9. The highest BCUT2D eigenvalue weighted by molar-refractivity contribution is 5.93. The summed E-state index contributed by atoms with van der Waals surface area (Å²) in [6.07, 6.45) is 9.39. The van der Waals surface area contributed by atoms with Crippen LogP contribution in [0.4, 0.5) is 0 Å². The fourth-order valence-electron chi connectivity index (χ4n) is 3.89. The van der Waals surface area contributed by atoms with Gasteiger partial charge in [0.25, 0.3) is 0 Å². The predicted octanol–water partition coefficient (Wildman–Crippen LogP) is 1.29. The third-order valence-corrected chi connectivity index (χ3v) is 5.74. The zero-order valence-corrected chi connectivity index (χ0v) is 18.9. The number of nitrogens with one attached hydrogen (secondary N) is 3. The molecule has 1 amide bonds. The smallest absolute Gasteiger partial charge is 0.243 e. The Labute approximate surface area is 192 Å². The van der Waals surface area contributed by atoms with E-state index in [1.807, 2.05) is 24.2 Å². The van der Waals surface area contributed by atoms with E-state index in [0.717, 1.165) is 35.2 Å². The number of nitrogens with two attached hydrogens (primary N) is 1. The van der Waals surface area contributed by atoms with Gasteiger partial charge < -0.3 is 31.2 Å². The topological polar surface area (TPSA) is 141 Å². The standard InChI is InChI=1S/C23H30N8O2/c1-3-31-19(8-17-12-26-7-6-20(17)31)14-29-23(33)21-4-5-22(30(21)2)28-13-18(15-32)27-11-16(9-24)10-25/h6-10,12-13,15,21,24,27H,3-5,11,14,25H2,1-2H3,(H,29,33)/b16-10+,18-13+,24-9?,28-22?. The lowest BCUT2D eigenvalue weighted by molar-refractivity contribution is -0.124. The van der Waals surface area contributed by atoms with Gasteiger partial charge in [0, 0.05) is 68.0 Å². The van der Waals surface area contributed by atoms with Crippen molar-refractivity contribution in [3.05, 3.63) is 53.9 Å². The molecule has 0 spiro atoms. The Morgan fingerprint density at radius 3 is 2.94 bits per heavy atom. The van der Waals surface area contributed by atoms with Crippen molar-refractivity contribution in [1.29, 1.82) is 5.41 Å². The molecule has 2 aromatic rings. The van der Waals surface area contributed by atoms with Crippen molar-refractivity contribution in [1.82, 2.24) is 25.1 Å². The number of aryl methyl sites for hydroxylation is 1. The van der Waals surface area contributed by atoms with E-state index in [1.165, 1.54) is 12.4 Å². The Morgan fingerprint density at radius 2 is 2.24 bits per heavy atom. The number of aliphatic imine (C=N–C) groups is 1. The van der Waals surface area contributed by atoms with E-state index in [4.69, 9.17) is 11.1 Å². The van der Waals surface area contributed by atoms with Crippen molar-refractivity contribution in [2.45, 2.75) is 38.9 Å². The zero-order chi connectivity index (χ0) is 23.8. The number of nitrogens with zero attached hydrogens (tertiary/aromatic N) is 4. The van der Waals surface area contributed by atoms with Crippen LogP contribution in [0, 0.1) is 5.41 Å². The Hall–Kier alpha value is -3.95. The second-order valence-electron chi connectivity index (χ2n) is 7.68.